The van der Waals surface area contributed by atoms with Crippen LogP contribution in [0, 0.1) is 5.92 Å². The lowest BCUT2D eigenvalue weighted by Gasteiger charge is -2.37. The lowest BCUT2D eigenvalue weighted by atomic mass is 9.84. The average molecular weight is 313 g/mol. The highest BCUT2D eigenvalue weighted by atomic mass is 15.3. The summed E-state index contributed by atoms with van der Waals surface area (Å²) < 4.78 is 0. The maximum absolute atomic E-state index is 8.51. The molecule has 0 radical (unpaired) electrons. The monoisotopic (exact) mass is 313 g/mol. The van der Waals surface area contributed by atoms with Crippen molar-refractivity contribution >= 4 is 5.69 Å². The van der Waals surface area contributed by atoms with Gasteiger partial charge in [0, 0.05) is 42.8 Å². The van der Waals surface area contributed by atoms with Crippen LogP contribution in [0.3, 0.4) is 0 Å². The topological polar surface area (TPSA) is 55.2 Å². The third-order valence-corrected chi connectivity index (χ3v) is 5.38. The number of benzene rings is 1. The minimum atomic E-state index is 0.255. The Labute approximate surface area is 138 Å². The predicted octanol–water partition coefficient (Wildman–Crippen LogP) is 4.07. The first-order valence-corrected chi connectivity index (χ1v) is 8.91. The molecule has 2 fully saturated rings. The molecule has 1 saturated heterocycles. The molecular formula is C18H27N5. The molecule has 2 aliphatic rings. The number of para-hydroxylation sites is 1. The van der Waals surface area contributed by atoms with Gasteiger partial charge in [0.05, 0.1) is 0 Å². The Morgan fingerprint density at radius 2 is 1.70 bits per heavy atom. The highest BCUT2D eigenvalue weighted by Gasteiger charge is 2.22. The van der Waals surface area contributed by atoms with Gasteiger partial charge < -0.3 is 4.90 Å². The minimum absolute atomic E-state index is 0.255. The van der Waals surface area contributed by atoms with Gasteiger partial charge in [0.15, 0.2) is 0 Å². The van der Waals surface area contributed by atoms with Crippen molar-refractivity contribution in [1.82, 2.24) is 4.90 Å². The van der Waals surface area contributed by atoms with Crippen molar-refractivity contribution in [2.75, 3.05) is 37.6 Å². The molecule has 0 amide bonds. The summed E-state index contributed by atoms with van der Waals surface area (Å²) in [6.45, 7) is 5.83. The second kappa shape index (κ2) is 8.23. The van der Waals surface area contributed by atoms with E-state index >= 15 is 0 Å². The zero-order valence-electron chi connectivity index (χ0n) is 13.8. The van der Waals surface area contributed by atoms with Crippen LogP contribution in [0.25, 0.3) is 10.4 Å². The summed E-state index contributed by atoms with van der Waals surface area (Å²) in [6, 6.07) is 11.0. The summed E-state index contributed by atoms with van der Waals surface area (Å²) in [7, 11) is 0. The molecule has 0 N–H and O–H groups in total. The Hall–Kier alpha value is -1.71. The fraction of sp³-hybridized carbons (Fsp3) is 0.667. The summed E-state index contributed by atoms with van der Waals surface area (Å²) in [5, 5.41) is 3.87. The van der Waals surface area contributed by atoms with Gasteiger partial charge >= 0.3 is 0 Å². The lowest BCUT2D eigenvalue weighted by Crippen LogP contribution is -2.46. The van der Waals surface area contributed by atoms with Crippen LogP contribution < -0.4 is 4.90 Å². The summed E-state index contributed by atoms with van der Waals surface area (Å²) in [5.41, 5.74) is 9.86. The van der Waals surface area contributed by atoms with E-state index in [1.807, 2.05) is 0 Å². The standard InChI is InChI=1S/C18H27N5/c19-21-20-17-8-6-16(7-9-17)10-11-22-12-14-23(15-13-22)18-4-2-1-3-5-18/h1-5,16-17H,6-15H2. The Morgan fingerprint density at radius 3 is 2.35 bits per heavy atom. The summed E-state index contributed by atoms with van der Waals surface area (Å²) in [4.78, 5) is 8.05. The van der Waals surface area contributed by atoms with Crippen molar-refractivity contribution in [2.45, 2.75) is 38.1 Å². The molecule has 3 rings (SSSR count). The minimum Gasteiger partial charge on any atom is -0.369 e. The first kappa shape index (κ1) is 16.2. The van der Waals surface area contributed by atoms with Gasteiger partial charge in [0.1, 0.15) is 0 Å². The lowest BCUT2D eigenvalue weighted by molar-refractivity contribution is 0.217. The fourth-order valence-corrected chi connectivity index (χ4v) is 3.86. The second-order valence-corrected chi connectivity index (χ2v) is 6.83. The molecular weight excluding hydrogens is 286 g/mol. The predicted molar refractivity (Wildman–Crippen MR) is 94.6 cm³/mol. The van der Waals surface area contributed by atoms with Gasteiger partial charge in [-0.25, -0.2) is 0 Å². The van der Waals surface area contributed by atoms with Crippen LogP contribution in [0.5, 0.6) is 0 Å². The molecule has 1 aliphatic heterocycles. The molecule has 0 aromatic heterocycles. The van der Waals surface area contributed by atoms with Gasteiger partial charge in [-0.05, 0) is 49.4 Å². The van der Waals surface area contributed by atoms with Gasteiger partial charge in [0.2, 0.25) is 0 Å². The second-order valence-electron chi connectivity index (χ2n) is 6.83. The first-order valence-electron chi connectivity index (χ1n) is 8.91. The van der Waals surface area contributed by atoms with Crippen molar-refractivity contribution in [2.24, 2.45) is 11.0 Å². The van der Waals surface area contributed by atoms with Crippen LogP contribution in [0.2, 0.25) is 0 Å². The Morgan fingerprint density at radius 1 is 1.00 bits per heavy atom. The molecule has 5 heteroatoms. The molecule has 1 aliphatic carbocycles. The average Bonchev–Trinajstić information content (AvgIpc) is 2.63. The molecule has 0 atom stereocenters. The SMILES string of the molecule is [N-]=[N+]=NC1CCC(CCN2CCN(c3ccccc3)CC2)CC1. The number of anilines is 1. The molecule has 1 heterocycles. The molecule has 0 bridgehead atoms. The molecule has 0 spiro atoms. The summed E-state index contributed by atoms with van der Waals surface area (Å²) >= 11 is 0. The normalized spacial score (nSPS) is 25.8. The van der Waals surface area contributed by atoms with E-state index in [-0.39, 0.29) is 6.04 Å². The van der Waals surface area contributed by atoms with E-state index in [4.69, 9.17) is 5.53 Å². The molecule has 0 unspecified atom stereocenters. The molecule has 23 heavy (non-hydrogen) atoms. The number of piperazine rings is 1. The third kappa shape index (κ3) is 4.63. The first-order chi connectivity index (χ1) is 11.3. The highest BCUT2D eigenvalue weighted by Crippen LogP contribution is 2.29. The zero-order valence-corrected chi connectivity index (χ0v) is 13.8. The summed E-state index contributed by atoms with van der Waals surface area (Å²) in [6.07, 6.45) is 5.92. The third-order valence-electron chi connectivity index (χ3n) is 5.38. The molecule has 1 saturated carbocycles. The van der Waals surface area contributed by atoms with Gasteiger partial charge in [0.25, 0.3) is 0 Å². The summed E-state index contributed by atoms with van der Waals surface area (Å²) in [5.74, 6) is 0.826. The van der Waals surface area contributed by atoms with E-state index in [0.717, 1.165) is 31.8 Å². The molecule has 124 valence electrons. The van der Waals surface area contributed by atoms with Gasteiger partial charge in [-0.2, -0.15) is 0 Å². The maximum Gasteiger partial charge on any atom is 0.0374 e. The van der Waals surface area contributed by atoms with Crippen molar-refractivity contribution in [3.8, 4) is 0 Å². The number of rotatable bonds is 5. The fourth-order valence-electron chi connectivity index (χ4n) is 3.86. The van der Waals surface area contributed by atoms with E-state index < -0.39 is 0 Å². The van der Waals surface area contributed by atoms with Crippen LogP contribution >= 0.6 is 0 Å². The van der Waals surface area contributed by atoms with Crippen LogP contribution in [-0.4, -0.2) is 43.7 Å². The number of nitrogens with zero attached hydrogens (tertiary/aromatic N) is 5. The number of azide groups is 1. The smallest absolute Gasteiger partial charge is 0.0374 e. The highest BCUT2D eigenvalue weighted by molar-refractivity contribution is 5.46. The molecule has 1 aromatic rings. The largest absolute Gasteiger partial charge is 0.369 e. The Kier molecular flexibility index (Phi) is 5.78. The van der Waals surface area contributed by atoms with Crippen LogP contribution in [0.1, 0.15) is 32.1 Å². The van der Waals surface area contributed by atoms with Gasteiger partial charge in [-0.1, -0.05) is 36.2 Å². The van der Waals surface area contributed by atoms with Crippen molar-refractivity contribution < 1.29 is 0 Å². The van der Waals surface area contributed by atoms with E-state index in [0.29, 0.717) is 0 Å². The van der Waals surface area contributed by atoms with E-state index in [1.165, 1.54) is 44.6 Å². The maximum atomic E-state index is 8.51. The Balaban J connectivity index is 1.36. The van der Waals surface area contributed by atoms with Crippen LogP contribution in [0.4, 0.5) is 5.69 Å². The van der Waals surface area contributed by atoms with Gasteiger partial charge in [-0.15, -0.1) is 0 Å². The van der Waals surface area contributed by atoms with E-state index in [1.54, 1.807) is 0 Å². The van der Waals surface area contributed by atoms with Crippen molar-refractivity contribution in [3.63, 3.8) is 0 Å². The number of hydrogen-bond donors (Lipinski definition) is 0. The van der Waals surface area contributed by atoms with E-state index in [9.17, 15) is 0 Å². The van der Waals surface area contributed by atoms with Crippen molar-refractivity contribution in [3.05, 3.63) is 40.8 Å². The van der Waals surface area contributed by atoms with Crippen LogP contribution in [-0.2, 0) is 0 Å². The molecule has 5 nitrogen and oxygen atoms in total. The van der Waals surface area contributed by atoms with E-state index in [2.05, 4.69) is 50.2 Å². The zero-order chi connectivity index (χ0) is 15.9. The quantitative estimate of drug-likeness (QED) is 0.467. The molecule has 1 aromatic carbocycles. The van der Waals surface area contributed by atoms with Crippen molar-refractivity contribution in [1.29, 1.82) is 0 Å². The number of hydrogen-bond acceptors (Lipinski definition) is 3. The Bertz CT molecular complexity index is 509. The van der Waals surface area contributed by atoms with Gasteiger partial charge in [-0.3, -0.25) is 4.90 Å². The van der Waals surface area contributed by atoms with Crippen LogP contribution in [0.15, 0.2) is 35.4 Å².